The van der Waals surface area contributed by atoms with Gasteiger partial charge in [-0.1, -0.05) is 0 Å². The van der Waals surface area contributed by atoms with E-state index in [-0.39, 0.29) is 0 Å². The second kappa shape index (κ2) is 7.85. The molecule has 0 aliphatic carbocycles. The number of H-pyrrole nitrogens is 2. The van der Waals surface area contributed by atoms with Crippen LogP contribution in [-0.2, 0) is 0 Å². The number of anilines is 2. The summed E-state index contributed by atoms with van der Waals surface area (Å²) in [5, 5.41) is 0. The van der Waals surface area contributed by atoms with Crippen LogP contribution in [0.15, 0.2) is 31.0 Å². The van der Waals surface area contributed by atoms with Crippen LogP contribution in [0.3, 0.4) is 0 Å². The lowest BCUT2D eigenvalue weighted by Gasteiger charge is -2.35. The maximum atomic E-state index is 5.03. The highest BCUT2D eigenvalue weighted by atomic mass is 15.3. The number of imidazole rings is 2. The van der Waals surface area contributed by atoms with Gasteiger partial charge in [-0.25, -0.2) is 15.0 Å². The number of nitrogens with zero attached hydrogens (tertiary/aromatic N) is 6. The summed E-state index contributed by atoms with van der Waals surface area (Å²) in [7, 11) is 0. The Kier molecular flexibility index (Phi) is 4.91. The normalized spacial score (nSPS) is 22.8. The van der Waals surface area contributed by atoms with Gasteiger partial charge in [0.15, 0.2) is 0 Å². The Hall–Kier alpha value is -2.90. The van der Waals surface area contributed by atoms with Crippen LogP contribution >= 0.6 is 0 Å². The second-order valence-corrected chi connectivity index (χ2v) is 8.20. The molecule has 5 heterocycles. The maximum Gasteiger partial charge on any atom is 0.227 e. The van der Waals surface area contributed by atoms with Crippen molar-refractivity contribution < 1.29 is 0 Å². The van der Waals surface area contributed by atoms with E-state index < -0.39 is 0 Å². The van der Waals surface area contributed by atoms with Crippen molar-refractivity contribution in [2.75, 3.05) is 36.0 Å². The predicted octanol–water partition coefficient (Wildman–Crippen LogP) is 3.00. The van der Waals surface area contributed by atoms with Gasteiger partial charge in [0.05, 0.1) is 0 Å². The van der Waals surface area contributed by atoms with Gasteiger partial charge in [-0.15, -0.1) is 0 Å². The zero-order chi connectivity index (χ0) is 19.6. The molecule has 0 aromatic carbocycles. The molecule has 2 unspecified atom stereocenters. The SMILES string of the molecule is Cc1cnc(N2CCCC(c3ncc[nH]3)C2)nc1N1CCCC(c2ncc[nH]2)C1. The van der Waals surface area contributed by atoms with Gasteiger partial charge in [0, 0.05) is 74.6 Å². The van der Waals surface area contributed by atoms with Crippen LogP contribution in [0.5, 0.6) is 0 Å². The van der Waals surface area contributed by atoms with E-state index in [1.54, 1.807) is 0 Å². The number of aromatic nitrogens is 6. The molecule has 0 amide bonds. The minimum absolute atomic E-state index is 0.408. The highest BCUT2D eigenvalue weighted by molar-refractivity contribution is 5.50. The van der Waals surface area contributed by atoms with Gasteiger partial charge in [0.1, 0.15) is 17.5 Å². The summed E-state index contributed by atoms with van der Waals surface area (Å²) in [6.07, 6.45) is 14.1. The average Bonchev–Trinajstić information content (AvgIpc) is 3.49. The first kappa shape index (κ1) is 18.1. The molecule has 3 aromatic heterocycles. The molecule has 2 N–H and O–H groups in total. The van der Waals surface area contributed by atoms with Gasteiger partial charge in [-0.2, -0.15) is 4.98 Å². The van der Waals surface area contributed by atoms with Gasteiger partial charge in [0.2, 0.25) is 5.95 Å². The largest absolute Gasteiger partial charge is 0.356 e. The summed E-state index contributed by atoms with van der Waals surface area (Å²) in [6.45, 7) is 5.99. The molecule has 0 spiro atoms. The third-order valence-corrected chi connectivity index (χ3v) is 6.17. The van der Waals surface area contributed by atoms with Gasteiger partial charge in [-0.05, 0) is 32.6 Å². The Bertz CT molecular complexity index is 920. The van der Waals surface area contributed by atoms with Crippen LogP contribution in [0, 0.1) is 6.92 Å². The zero-order valence-corrected chi connectivity index (χ0v) is 16.9. The second-order valence-electron chi connectivity index (χ2n) is 8.20. The molecule has 5 rings (SSSR count). The zero-order valence-electron chi connectivity index (χ0n) is 16.9. The molecule has 2 aliphatic heterocycles. The van der Waals surface area contributed by atoms with Crippen LogP contribution in [0.2, 0.25) is 0 Å². The highest BCUT2D eigenvalue weighted by Gasteiger charge is 2.28. The summed E-state index contributed by atoms with van der Waals surface area (Å²) in [6, 6.07) is 0. The number of nitrogens with one attached hydrogen (secondary N) is 2. The number of piperidine rings is 2. The van der Waals surface area contributed by atoms with Crippen molar-refractivity contribution in [2.24, 2.45) is 0 Å². The van der Waals surface area contributed by atoms with Crippen LogP contribution in [0.25, 0.3) is 0 Å². The van der Waals surface area contributed by atoms with Crippen molar-refractivity contribution >= 4 is 11.8 Å². The van der Waals surface area contributed by atoms with E-state index in [1.807, 2.05) is 31.0 Å². The van der Waals surface area contributed by atoms with Gasteiger partial charge in [-0.3, -0.25) is 0 Å². The third kappa shape index (κ3) is 3.71. The molecule has 2 saturated heterocycles. The Morgan fingerprint density at radius 2 is 1.48 bits per heavy atom. The summed E-state index contributed by atoms with van der Waals surface area (Å²) in [5.74, 6) is 4.88. The molecule has 0 bridgehead atoms. The number of aromatic amines is 2. The maximum absolute atomic E-state index is 5.03. The van der Waals surface area contributed by atoms with Crippen LogP contribution in [-0.4, -0.2) is 56.1 Å². The molecule has 2 atom stereocenters. The molecule has 3 aromatic rings. The molecule has 8 heteroatoms. The van der Waals surface area contributed by atoms with Gasteiger partial charge in [0.25, 0.3) is 0 Å². The van der Waals surface area contributed by atoms with Crippen molar-refractivity contribution in [1.82, 2.24) is 29.9 Å². The fraction of sp³-hybridized carbons (Fsp3) is 0.524. The van der Waals surface area contributed by atoms with Crippen molar-refractivity contribution in [3.05, 3.63) is 48.2 Å². The van der Waals surface area contributed by atoms with Crippen molar-refractivity contribution in [3.63, 3.8) is 0 Å². The summed E-state index contributed by atoms with van der Waals surface area (Å²) in [4.78, 5) is 29.9. The number of aryl methyl sites for hydroxylation is 1. The first-order chi connectivity index (χ1) is 14.3. The lowest BCUT2D eigenvalue weighted by Crippen LogP contribution is -2.38. The topological polar surface area (TPSA) is 89.6 Å². The Morgan fingerprint density at radius 3 is 2.10 bits per heavy atom. The van der Waals surface area contributed by atoms with Crippen LogP contribution in [0.1, 0.15) is 54.7 Å². The van der Waals surface area contributed by atoms with E-state index in [0.717, 1.165) is 80.8 Å². The van der Waals surface area contributed by atoms with Gasteiger partial charge < -0.3 is 19.8 Å². The smallest absolute Gasteiger partial charge is 0.227 e. The molecular formula is C21H28N8. The molecule has 2 fully saturated rings. The van der Waals surface area contributed by atoms with E-state index >= 15 is 0 Å². The monoisotopic (exact) mass is 392 g/mol. The molecule has 152 valence electrons. The van der Waals surface area contributed by atoms with E-state index in [9.17, 15) is 0 Å². The van der Waals surface area contributed by atoms with Gasteiger partial charge >= 0.3 is 0 Å². The molecular weight excluding hydrogens is 364 g/mol. The third-order valence-electron chi connectivity index (χ3n) is 6.17. The Labute approximate surface area is 170 Å². The number of hydrogen-bond donors (Lipinski definition) is 2. The number of hydrogen-bond acceptors (Lipinski definition) is 6. The van der Waals surface area contributed by atoms with E-state index in [4.69, 9.17) is 4.98 Å². The van der Waals surface area contributed by atoms with Crippen molar-refractivity contribution in [2.45, 2.75) is 44.4 Å². The average molecular weight is 393 g/mol. The summed E-state index contributed by atoms with van der Waals surface area (Å²) < 4.78 is 0. The molecule has 2 aliphatic rings. The summed E-state index contributed by atoms with van der Waals surface area (Å²) in [5.41, 5.74) is 1.13. The molecule has 0 radical (unpaired) electrons. The standard InChI is InChI=1S/C21H28N8/c1-15-12-26-21(29-11-3-5-17(14-29)19-24-8-9-25-19)27-20(15)28-10-2-4-16(13-28)18-22-6-7-23-18/h6-9,12,16-17H,2-5,10-11,13-14H2,1H3,(H,22,23)(H,24,25). The minimum atomic E-state index is 0.408. The van der Waals surface area contributed by atoms with Crippen LogP contribution in [0.4, 0.5) is 11.8 Å². The van der Waals surface area contributed by atoms with Crippen molar-refractivity contribution in [1.29, 1.82) is 0 Å². The van der Waals surface area contributed by atoms with Crippen molar-refractivity contribution in [3.8, 4) is 0 Å². The molecule has 8 nitrogen and oxygen atoms in total. The van der Waals surface area contributed by atoms with E-state index in [0.29, 0.717) is 11.8 Å². The fourth-order valence-electron chi connectivity index (χ4n) is 4.67. The minimum Gasteiger partial charge on any atom is -0.356 e. The van der Waals surface area contributed by atoms with Crippen LogP contribution < -0.4 is 9.80 Å². The summed E-state index contributed by atoms with van der Waals surface area (Å²) >= 11 is 0. The predicted molar refractivity (Wildman–Crippen MR) is 112 cm³/mol. The Balaban J connectivity index is 1.36. The highest BCUT2D eigenvalue weighted by Crippen LogP contribution is 2.31. The lowest BCUT2D eigenvalue weighted by atomic mass is 9.97. The fourth-order valence-corrected chi connectivity index (χ4v) is 4.67. The molecule has 0 saturated carbocycles. The van der Waals surface area contributed by atoms with E-state index in [1.165, 1.54) is 0 Å². The first-order valence-corrected chi connectivity index (χ1v) is 10.6. The van der Waals surface area contributed by atoms with E-state index in [2.05, 4.69) is 41.6 Å². The number of rotatable bonds is 4. The Morgan fingerprint density at radius 1 is 0.862 bits per heavy atom. The molecule has 29 heavy (non-hydrogen) atoms. The first-order valence-electron chi connectivity index (χ1n) is 10.6. The quantitative estimate of drug-likeness (QED) is 0.709. The lowest BCUT2D eigenvalue weighted by molar-refractivity contribution is 0.483.